The molecule has 0 unspecified atom stereocenters. The molecule has 0 saturated carbocycles. The Labute approximate surface area is 127 Å². The first-order valence-corrected chi connectivity index (χ1v) is 8.19. The van der Waals surface area contributed by atoms with E-state index >= 15 is 0 Å². The van der Waals surface area contributed by atoms with Gasteiger partial charge in [0, 0.05) is 11.5 Å². The first-order chi connectivity index (χ1) is 9.58. The van der Waals surface area contributed by atoms with Gasteiger partial charge in [0.1, 0.15) is 0 Å². The molecule has 0 radical (unpaired) electrons. The average Bonchev–Trinajstić information content (AvgIpc) is 2.42. The minimum atomic E-state index is 0.143. The van der Waals surface area contributed by atoms with Gasteiger partial charge in [0.15, 0.2) is 5.17 Å². The summed E-state index contributed by atoms with van der Waals surface area (Å²) < 4.78 is 0. The summed E-state index contributed by atoms with van der Waals surface area (Å²) in [5.74, 6) is 1.51. The van der Waals surface area contributed by atoms with Gasteiger partial charge in [-0.3, -0.25) is 10.8 Å². The summed E-state index contributed by atoms with van der Waals surface area (Å²) in [6.07, 6.45) is 0. The zero-order chi connectivity index (χ0) is 14.5. The minimum absolute atomic E-state index is 0.143. The van der Waals surface area contributed by atoms with Crippen LogP contribution in [-0.2, 0) is 11.5 Å². The van der Waals surface area contributed by atoms with Gasteiger partial charge in [-0.05, 0) is 28.8 Å². The van der Waals surface area contributed by atoms with Crippen molar-refractivity contribution in [3.8, 4) is 0 Å². The van der Waals surface area contributed by atoms with Gasteiger partial charge in [-0.25, -0.2) is 0 Å². The molecule has 0 spiro atoms. The van der Waals surface area contributed by atoms with Crippen molar-refractivity contribution >= 4 is 44.5 Å². The molecule has 0 bridgehead atoms. The van der Waals surface area contributed by atoms with Gasteiger partial charge in [0.25, 0.3) is 0 Å². The Morgan fingerprint density at radius 1 is 1.00 bits per heavy atom. The molecular weight excluding hydrogens is 286 g/mol. The molecule has 4 N–H and O–H groups in total. The molecule has 3 nitrogen and oxygen atoms in total. The lowest BCUT2D eigenvalue weighted by atomic mass is 10.0. The van der Waals surface area contributed by atoms with Gasteiger partial charge in [-0.2, -0.15) is 0 Å². The lowest BCUT2D eigenvalue weighted by molar-refractivity contribution is 1.40. The third-order valence-corrected chi connectivity index (χ3v) is 4.56. The van der Waals surface area contributed by atoms with E-state index < -0.39 is 0 Å². The van der Waals surface area contributed by atoms with Crippen LogP contribution in [0.25, 0.3) is 10.8 Å². The zero-order valence-corrected chi connectivity index (χ0v) is 12.9. The Bertz CT molecular complexity index is 600. The highest BCUT2D eigenvalue weighted by atomic mass is 32.2. The van der Waals surface area contributed by atoms with Gasteiger partial charge >= 0.3 is 0 Å². The lowest BCUT2D eigenvalue weighted by Crippen LogP contribution is -2.04. The van der Waals surface area contributed by atoms with Gasteiger partial charge in [0.05, 0.1) is 5.04 Å². The van der Waals surface area contributed by atoms with Crippen molar-refractivity contribution in [3.05, 3.63) is 47.5 Å². The number of nitrogens with two attached hydrogens (primary N) is 1. The standard InChI is InChI=1S/C15H17N3S2/c1-10(16)19-8-12-6-2-4-11-5-3-7-13(14(11)12)9-20-15(17)18/h2-7,16H,8-9H2,1H3,(H3,17,18). The van der Waals surface area contributed by atoms with Crippen LogP contribution >= 0.6 is 23.5 Å². The molecule has 0 atom stereocenters. The highest BCUT2D eigenvalue weighted by molar-refractivity contribution is 8.13. The molecule has 0 fully saturated rings. The number of amidine groups is 1. The SMILES string of the molecule is CC(=N)SCc1cccc2cccc(CSC(=N)N)c12. The van der Waals surface area contributed by atoms with E-state index in [1.165, 1.54) is 33.7 Å². The fraction of sp³-hybridized carbons (Fsp3) is 0.200. The predicted octanol–water partition coefficient (Wildman–Crippen LogP) is 4.20. The second-order valence-electron chi connectivity index (χ2n) is 4.43. The van der Waals surface area contributed by atoms with Crippen LogP contribution in [0.15, 0.2) is 36.4 Å². The fourth-order valence-corrected chi connectivity index (χ4v) is 3.25. The van der Waals surface area contributed by atoms with Crippen LogP contribution in [0.3, 0.4) is 0 Å². The van der Waals surface area contributed by atoms with E-state index in [-0.39, 0.29) is 5.17 Å². The molecule has 0 aromatic heterocycles. The third kappa shape index (κ3) is 3.77. The molecule has 2 aromatic carbocycles. The van der Waals surface area contributed by atoms with Crippen molar-refractivity contribution in [2.75, 3.05) is 0 Å². The van der Waals surface area contributed by atoms with E-state index in [4.69, 9.17) is 16.6 Å². The quantitative estimate of drug-likeness (QED) is 0.585. The van der Waals surface area contributed by atoms with Crippen molar-refractivity contribution in [1.82, 2.24) is 0 Å². The summed E-state index contributed by atoms with van der Waals surface area (Å²) in [4.78, 5) is 0. The topological polar surface area (TPSA) is 73.7 Å². The van der Waals surface area contributed by atoms with Crippen molar-refractivity contribution in [2.24, 2.45) is 5.73 Å². The highest BCUT2D eigenvalue weighted by Crippen LogP contribution is 2.28. The number of benzene rings is 2. The minimum Gasteiger partial charge on any atom is -0.379 e. The predicted molar refractivity (Wildman–Crippen MR) is 91.9 cm³/mol. The van der Waals surface area contributed by atoms with Crippen LogP contribution in [0.5, 0.6) is 0 Å². The van der Waals surface area contributed by atoms with Gasteiger partial charge in [-0.1, -0.05) is 48.2 Å². The van der Waals surface area contributed by atoms with Crippen LogP contribution in [0.4, 0.5) is 0 Å². The largest absolute Gasteiger partial charge is 0.379 e. The number of hydrogen-bond acceptors (Lipinski definition) is 4. The summed E-state index contributed by atoms with van der Waals surface area (Å²) in [6.45, 7) is 1.81. The van der Waals surface area contributed by atoms with E-state index in [1.807, 2.05) is 13.0 Å². The molecule has 2 rings (SSSR count). The van der Waals surface area contributed by atoms with Gasteiger partial charge in [-0.15, -0.1) is 11.8 Å². The fourth-order valence-electron chi connectivity index (χ4n) is 2.08. The van der Waals surface area contributed by atoms with Crippen LogP contribution < -0.4 is 5.73 Å². The number of fused-ring (bicyclic) bond motifs is 1. The highest BCUT2D eigenvalue weighted by Gasteiger charge is 2.07. The molecular formula is C15H17N3S2. The molecule has 2 aromatic rings. The summed E-state index contributed by atoms with van der Waals surface area (Å²) in [6, 6.07) is 12.5. The summed E-state index contributed by atoms with van der Waals surface area (Å²) in [7, 11) is 0. The van der Waals surface area contributed by atoms with Crippen LogP contribution in [0.1, 0.15) is 18.1 Å². The van der Waals surface area contributed by atoms with Crippen LogP contribution in [-0.4, -0.2) is 10.2 Å². The van der Waals surface area contributed by atoms with Gasteiger partial charge < -0.3 is 5.73 Å². The molecule has 0 amide bonds. The van der Waals surface area contributed by atoms with Crippen LogP contribution in [0, 0.1) is 10.8 Å². The maximum Gasteiger partial charge on any atom is 0.151 e. The molecule has 104 valence electrons. The Morgan fingerprint density at radius 2 is 1.55 bits per heavy atom. The summed E-state index contributed by atoms with van der Waals surface area (Å²) in [5, 5.41) is 18.1. The van der Waals surface area contributed by atoms with E-state index in [0.717, 1.165) is 5.75 Å². The average molecular weight is 303 g/mol. The molecule has 0 aliphatic heterocycles. The molecule has 0 aliphatic carbocycles. The maximum absolute atomic E-state index is 7.56. The van der Waals surface area contributed by atoms with Gasteiger partial charge in [0.2, 0.25) is 0 Å². The van der Waals surface area contributed by atoms with E-state index in [0.29, 0.717) is 10.8 Å². The number of hydrogen-bond donors (Lipinski definition) is 3. The molecule has 5 heteroatoms. The Balaban J connectivity index is 2.40. The monoisotopic (exact) mass is 303 g/mol. The van der Waals surface area contributed by atoms with E-state index in [9.17, 15) is 0 Å². The third-order valence-electron chi connectivity index (χ3n) is 2.90. The lowest BCUT2D eigenvalue weighted by Gasteiger charge is -2.11. The Kier molecular flexibility index (Phi) is 5.09. The second kappa shape index (κ2) is 6.81. The Hall–Kier alpha value is -1.46. The van der Waals surface area contributed by atoms with Crippen LogP contribution in [0.2, 0.25) is 0 Å². The summed E-state index contributed by atoms with van der Waals surface area (Å²) >= 11 is 2.89. The Morgan fingerprint density at radius 3 is 2.05 bits per heavy atom. The van der Waals surface area contributed by atoms with Crippen molar-refractivity contribution < 1.29 is 0 Å². The number of nitrogens with one attached hydrogen (secondary N) is 2. The van der Waals surface area contributed by atoms with Crippen molar-refractivity contribution in [1.29, 1.82) is 10.8 Å². The van der Waals surface area contributed by atoms with E-state index in [1.54, 1.807) is 11.8 Å². The molecule has 0 aliphatic rings. The zero-order valence-electron chi connectivity index (χ0n) is 11.3. The van der Waals surface area contributed by atoms with E-state index in [2.05, 4.69) is 30.3 Å². The first kappa shape index (κ1) is 14.9. The maximum atomic E-state index is 7.56. The normalized spacial score (nSPS) is 10.7. The smallest absolute Gasteiger partial charge is 0.151 e. The van der Waals surface area contributed by atoms with Crippen molar-refractivity contribution in [2.45, 2.75) is 18.4 Å². The second-order valence-corrected chi connectivity index (χ2v) is 6.64. The molecule has 0 saturated heterocycles. The summed E-state index contributed by atoms with van der Waals surface area (Å²) in [5.41, 5.74) is 7.87. The first-order valence-electron chi connectivity index (χ1n) is 6.22. The molecule has 20 heavy (non-hydrogen) atoms. The number of rotatable bonds is 4. The van der Waals surface area contributed by atoms with Crippen molar-refractivity contribution in [3.63, 3.8) is 0 Å². The number of thioether (sulfide) groups is 2. The molecule has 0 heterocycles.